The first-order chi connectivity index (χ1) is 11.1. The van der Waals surface area contributed by atoms with Crippen LogP contribution in [0.3, 0.4) is 0 Å². The molecule has 0 radical (unpaired) electrons. The number of H-pyrrole nitrogens is 1. The van der Waals surface area contributed by atoms with Crippen LogP contribution in [0.15, 0.2) is 24.3 Å². The lowest BCUT2D eigenvalue weighted by atomic mass is 10.2. The fourth-order valence-electron chi connectivity index (χ4n) is 2.70. The maximum absolute atomic E-state index is 5.93. The van der Waals surface area contributed by atoms with Gasteiger partial charge in [-0.05, 0) is 31.2 Å². The van der Waals surface area contributed by atoms with Crippen molar-refractivity contribution in [1.29, 1.82) is 0 Å². The van der Waals surface area contributed by atoms with E-state index in [9.17, 15) is 0 Å². The molecule has 1 aromatic heterocycles. The Bertz CT molecular complexity index is 630. The topological polar surface area (TPSA) is 83.3 Å². The van der Waals surface area contributed by atoms with Gasteiger partial charge in [0.1, 0.15) is 11.9 Å². The van der Waals surface area contributed by atoms with E-state index in [1.54, 1.807) is 0 Å². The summed E-state index contributed by atoms with van der Waals surface area (Å²) in [5.74, 6) is 1.87. The average Bonchev–Trinajstić information content (AvgIpc) is 2.97. The molecule has 140 valence electrons. The van der Waals surface area contributed by atoms with Crippen LogP contribution >= 0.6 is 36.4 Å². The largest absolute Gasteiger partial charge is 0.489 e. The van der Waals surface area contributed by atoms with Gasteiger partial charge in [0.05, 0.1) is 0 Å². The van der Waals surface area contributed by atoms with Crippen LogP contribution in [-0.2, 0) is 0 Å². The molecular weight excluding hydrogens is 387 g/mol. The zero-order valence-electron chi connectivity index (χ0n) is 13.9. The number of halogens is 3. The number of benzene rings is 1. The lowest BCUT2D eigenvalue weighted by Crippen LogP contribution is -2.49. The average molecular weight is 410 g/mol. The summed E-state index contributed by atoms with van der Waals surface area (Å²) >= 11 is 5.88. The van der Waals surface area contributed by atoms with E-state index in [1.807, 2.05) is 24.3 Å². The van der Waals surface area contributed by atoms with Crippen molar-refractivity contribution in [2.24, 2.45) is 0 Å². The molecule has 1 atom stereocenters. The Kier molecular flexibility index (Phi) is 8.58. The number of nitrogens with one attached hydrogen (secondary N) is 1. The van der Waals surface area contributed by atoms with Gasteiger partial charge < -0.3 is 15.4 Å². The van der Waals surface area contributed by atoms with Crippen molar-refractivity contribution < 1.29 is 4.74 Å². The monoisotopic (exact) mass is 408 g/mol. The Hall–Kier alpha value is -1.41. The van der Waals surface area contributed by atoms with E-state index < -0.39 is 0 Å². The number of rotatable bonds is 5. The molecule has 1 aromatic carbocycles. The minimum atomic E-state index is 0. The highest BCUT2D eigenvalue weighted by Gasteiger charge is 2.21. The van der Waals surface area contributed by atoms with Crippen LogP contribution in [0.4, 0.5) is 11.9 Å². The van der Waals surface area contributed by atoms with Crippen molar-refractivity contribution in [1.82, 2.24) is 20.1 Å². The van der Waals surface area contributed by atoms with Crippen LogP contribution in [0.2, 0.25) is 5.02 Å². The van der Waals surface area contributed by atoms with Gasteiger partial charge >= 0.3 is 0 Å². The Labute approximate surface area is 164 Å². The molecule has 2 aromatic rings. The highest BCUT2D eigenvalue weighted by Crippen LogP contribution is 2.17. The van der Waals surface area contributed by atoms with Crippen molar-refractivity contribution in [3.05, 3.63) is 29.3 Å². The molecule has 0 amide bonds. The zero-order chi connectivity index (χ0) is 16.2. The van der Waals surface area contributed by atoms with E-state index >= 15 is 0 Å². The van der Waals surface area contributed by atoms with Gasteiger partial charge in [-0.3, -0.25) is 4.90 Å². The van der Waals surface area contributed by atoms with E-state index in [0.717, 1.165) is 44.4 Å². The Morgan fingerprint density at radius 1 is 1.20 bits per heavy atom. The Morgan fingerprint density at radius 3 is 2.40 bits per heavy atom. The lowest BCUT2D eigenvalue weighted by molar-refractivity contribution is 0.140. The first kappa shape index (κ1) is 21.6. The van der Waals surface area contributed by atoms with Crippen LogP contribution in [0, 0.1) is 0 Å². The van der Waals surface area contributed by atoms with E-state index in [-0.39, 0.29) is 36.9 Å². The van der Waals surface area contributed by atoms with Gasteiger partial charge in [0.25, 0.3) is 0 Å². The number of ether oxygens (including phenoxy) is 1. The number of nitrogen functional groups attached to an aromatic ring is 1. The molecule has 2 heterocycles. The van der Waals surface area contributed by atoms with E-state index in [4.69, 9.17) is 22.1 Å². The van der Waals surface area contributed by atoms with Crippen LogP contribution in [0.25, 0.3) is 0 Å². The predicted octanol–water partition coefficient (Wildman–Crippen LogP) is 2.47. The smallest absolute Gasteiger partial charge is 0.241 e. The molecule has 7 nitrogen and oxygen atoms in total. The number of hydrogen-bond acceptors (Lipinski definition) is 6. The third-order valence-electron chi connectivity index (χ3n) is 3.83. The summed E-state index contributed by atoms with van der Waals surface area (Å²) in [5.41, 5.74) is 5.55. The molecule has 0 spiro atoms. The zero-order valence-corrected chi connectivity index (χ0v) is 16.3. The van der Waals surface area contributed by atoms with Crippen LogP contribution in [0.5, 0.6) is 5.75 Å². The third kappa shape index (κ3) is 6.11. The molecule has 25 heavy (non-hydrogen) atoms. The highest BCUT2D eigenvalue weighted by molar-refractivity contribution is 6.30. The maximum Gasteiger partial charge on any atom is 0.241 e. The van der Waals surface area contributed by atoms with E-state index in [1.165, 1.54) is 0 Å². The minimum Gasteiger partial charge on any atom is -0.489 e. The van der Waals surface area contributed by atoms with Crippen molar-refractivity contribution in [2.75, 3.05) is 43.4 Å². The molecule has 1 aliphatic heterocycles. The second-order valence-electron chi connectivity index (χ2n) is 5.69. The molecule has 10 heteroatoms. The summed E-state index contributed by atoms with van der Waals surface area (Å²) in [6.45, 7) is 6.65. The van der Waals surface area contributed by atoms with Crippen LogP contribution < -0.4 is 15.4 Å². The van der Waals surface area contributed by atoms with Gasteiger partial charge in [-0.25, -0.2) is 5.10 Å². The number of nitrogens with zero attached hydrogens (tertiary/aromatic N) is 4. The quantitative estimate of drug-likeness (QED) is 0.789. The molecule has 1 saturated heterocycles. The molecule has 3 rings (SSSR count). The standard InChI is InChI=1S/C15H21ClN6O.2ClH/c1-11(23-13-4-2-12(16)3-5-13)10-21-6-8-22(9-7-21)15-18-14(17)19-20-15;;/h2-5,11H,6-10H2,1H3,(H3,17,18,19,20);2*1H/t11-;;/m1../s1. The van der Waals surface area contributed by atoms with Gasteiger partial charge in [-0.2, -0.15) is 4.98 Å². The van der Waals surface area contributed by atoms with Gasteiger partial charge in [-0.1, -0.05) is 11.6 Å². The van der Waals surface area contributed by atoms with Crippen molar-refractivity contribution >= 4 is 48.3 Å². The van der Waals surface area contributed by atoms with Gasteiger partial charge in [0.15, 0.2) is 0 Å². The molecule has 3 N–H and O–H groups in total. The maximum atomic E-state index is 5.93. The number of hydrogen-bond donors (Lipinski definition) is 2. The number of aromatic amines is 1. The predicted molar refractivity (Wildman–Crippen MR) is 105 cm³/mol. The van der Waals surface area contributed by atoms with Gasteiger partial charge in [0.2, 0.25) is 11.9 Å². The molecule has 0 unspecified atom stereocenters. The summed E-state index contributed by atoms with van der Waals surface area (Å²) in [4.78, 5) is 8.71. The lowest BCUT2D eigenvalue weighted by Gasteiger charge is -2.35. The summed E-state index contributed by atoms with van der Waals surface area (Å²) < 4.78 is 5.93. The normalized spacial score (nSPS) is 15.8. The molecule has 1 aliphatic rings. The first-order valence-corrected chi connectivity index (χ1v) is 8.05. The Balaban J connectivity index is 0.00000156. The van der Waals surface area contributed by atoms with E-state index in [2.05, 4.69) is 31.9 Å². The van der Waals surface area contributed by atoms with Gasteiger partial charge in [-0.15, -0.1) is 29.9 Å². The minimum absolute atomic E-state index is 0. The SMILES string of the molecule is C[C@H](CN1CCN(c2nc(N)n[nH]2)CC1)Oc1ccc(Cl)cc1.Cl.Cl. The molecular formula is C15H23Cl3N6O. The third-order valence-corrected chi connectivity index (χ3v) is 4.08. The highest BCUT2D eigenvalue weighted by atomic mass is 35.5. The van der Waals surface area contributed by atoms with Crippen molar-refractivity contribution in [3.63, 3.8) is 0 Å². The molecule has 0 saturated carbocycles. The van der Waals surface area contributed by atoms with Gasteiger partial charge in [0, 0.05) is 37.7 Å². The fraction of sp³-hybridized carbons (Fsp3) is 0.467. The number of aromatic nitrogens is 3. The fourth-order valence-corrected chi connectivity index (χ4v) is 2.82. The van der Waals surface area contributed by atoms with Crippen LogP contribution in [-0.4, -0.2) is 58.9 Å². The number of piperazine rings is 1. The molecule has 0 bridgehead atoms. The number of anilines is 2. The molecule has 0 aliphatic carbocycles. The first-order valence-electron chi connectivity index (χ1n) is 7.67. The summed E-state index contributed by atoms with van der Waals surface area (Å²) in [5, 5.41) is 7.44. The Morgan fingerprint density at radius 2 is 1.84 bits per heavy atom. The van der Waals surface area contributed by atoms with Crippen LogP contribution in [0.1, 0.15) is 6.92 Å². The summed E-state index contributed by atoms with van der Waals surface area (Å²) in [7, 11) is 0. The van der Waals surface area contributed by atoms with E-state index in [0.29, 0.717) is 5.02 Å². The summed E-state index contributed by atoms with van der Waals surface area (Å²) in [6.07, 6.45) is 0.114. The van der Waals surface area contributed by atoms with Crippen molar-refractivity contribution in [3.8, 4) is 5.75 Å². The summed E-state index contributed by atoms with van der Waals surface area (Å²) in [6, 6.07) is 7.47. The second kappa shape index (κ2) is 9.91. The van der Waals surface area contributed by atoms with Crippen molar-refractivity contribution in [2.45, 2.75) is 13.0 Å². The molecule has 1 fully saturated rings. The second-order valence-corrected chi connectivity index (χ2v) is 6.12. The number of nitrogens with two attached hydrogens (primary N) is 1.